The number of halogens is 1. The highest BCUT2D eigenvalue weighted by molar-refractivity contribution is 5.88. The lowest BCUT2D eigenvalue weighted by atomic mass is 9.87. The molecule has 170 valence electrons. The fourth-order valence-electron chi connectivity index (χ4n) is 4.54. The van der Waals surface area contributed by atoms with Crippen molar-refractivity contribution in [3.05, 3.63) is 107 Å². The summed E-state index contributed by atoms with van der Waals surface area (Å²) < 4.78 is 13.6. The number of rotatable bonds is 9. The van der Waals surface area contributed by atoms with Crippen LogP contribution >= 0.6 is 0 Å². The summed E-state index contributed by atoms with van der Waals surface area (Å²) in [6, 6.07) is 23.2. The summed E-state index contributed by atoms with van der Waals surface area (Å²) in [5.41, 5.74) is 5.63. The van der Waals surface area contributed by atoms with E-state index in [0.717, 1.165) is 41.3 Å². The third-order valence-electron chi connectivity index (χ3n) is 6.37. The van der Waals surface area contributed by atoms with Gasteiger partial charge in [-0.1, -0.05) is 67.6 Å². The molecule has 0 bridgehead atoms. The molecule has 4 rings (SSSR count). The minimum atomic E-state index is -0.274. The summed E-state index contributed by atoms with van der Waals surface area (Å²) in [4.78, 5) is 16.5. The Balaban J connectivity index is 1.53. The Morgan fingerprint density at radius 2 is 1.76 bits per heavy atom. The van der Waals surface area contributed by atoms with Crippen LogP contribution in [0.15, 0.2) is 79.0 Å². The number of carbonyl (C=O) groups is 1. The Morgan fingerprint density at radius 1 is 1.00 bits per heavy atom. The molecule has 0 spiro atoms. The molecule has 0 saturated heterocycles. The maximum Gasteiger partial charge on any atom is 0.221 e. The molecule has 0 radical (unpaired) electrons. The van der Waals surface area contributed by atoms with Crippen LogP contribution in [-0.2, 0) is 17.6 Å². The second-order valence-corrected chi connectivity index (χ2v) is 8.74. The summed E-state index contributed by atoms with van der Waals surface area (Å²) in [6.45, 7) is 4.18. The van der Waals surface area contributed by atoms with E-state index in [1.807, 2.05) is 31.3 Å². The van der Waals surface area contributed by atoms with Gasteiger partial charge in [-0.3, -0.25) is 4.79 Å². The minimum absolute atomic E-state index is 0.00545. The van der Waals surface area contributed by atoms with E-state index in [0.29, 0.717) is 6.42 Å². The molecule has 1 amide bonds. The molecule has 0 saturated carbocycles. The first-order chi connectivity index (χ1) is 16.0. The number of fused-ring (bicyclic) bond motifs is 1. The molecule has 0 unspecified atom stereocenters. The number of nitrogens with one attached hydrogen (secondary N) is 2. The normalized spacial score (nSPS) is 13.1. The number of hydrogen-bond donors (Lipinski definition) is 2. The molecule has 0 aliphatic carbocycles. The maximum atomic E-state index is 13.6. The number of aromatic nitrogens is 1. The van der Waals surface area contributed by atoms with Gasteiger partial charge in [0.2, 0.25) is 5.91 Å². The van der Waals surface area contributed by atoms with Crippen LogP contribution in [0.3, 0.4) is 0 Å². The van der Waals surface area contributed by atoms with Crippen LogP contribution in [0.4, 0.5) is 4.39 Å². The van der Waals surface area contributed by atoms with Gasteiger partial charge < -0.3 is 10.3 Å². The van der Waals surface area contributed by atoms with Gasteiger partial charge in [0.1, 0.15) is 5.82 Å². The van der Waals surface area contributed by atoms with Crippen molar-refractivity contribution in [3.8, 4) is 0 Å². The summed E-state index contributed by atoms with van der Waals surface area (Å²) >= 11 is 0. The SMILES string of the molecule is CCc1cccc2c([C@H](CC(=O)N[C@H](C)CCc3ccccc3)c3ccc(F)cc3)c[nH]c12. The molecule has 33 heavy (non-hydrogen) atoms. The molecule has 2 N–H and O–H groups in total. The van der Waals surface area contributed by atoms with Gasteiger partial charge in [0.05, 0.1) is 0 Å². The van der Waals surface area contributed by atoms with Crippen LogP contribution in [0, 0.1) is 5.82 Å². The average Bonchev–Trinajstić information content (AvgIpc) is 3.26. The van der Waals surface area contributed by atoms with Gasteiger partial charge in [-0.15, -0.1) is 0 Å². The molecular weight excluding hydrogens is 411 g/mol. The van der Waals surface area contributed by atoms with Crippen molar-refractivity contribution in [1.29, 1.82) is 0 Å². The summed E-state index contributed by atoms with van der Waals surface area (Å²) in [5.74, 6) is -0.428. The highest BCUT2D eigenvalue weighted by Gasteiger charge is 2.23. The van der Waals surface area contributed by atoms with Crippen molar-refractivity contribution < 1.29 is 9.18 Å². The van der Waals surface area contributed by atoms with Crippen molar-refractivity contribution in [3.63, 3.8) is 0 Å². The molecule has 4 heteroatoms. The number of carbonyl (C=O) groups excluding carboxylic acids is 1. The fraction of sp³-hybridized carbons (Fsp3) is 0.276. The highest BCUT2D eigenvalue weighted by atomic mass is 19.1. The molecule has 4 aromatic rings. The number of hydrogen-bond acceptors (Lipinski definition) is 1. The first-order valence-electron chi connectivity index (χ1n) is 11.7. The third-order valence-corrected chi connectivity index (χ3v) is 6.37. The topological polar surface area (TPSA) is 44.9 Å². The van der Waals surface area contributed by atoms with E-state index in [1.54, 1.807) is 12.1 Å². The zero-order chi connectivity index (χ0) is 23.2. The van der Waals surface area contributed by atoms with Gasteiger partial charge in [-0.25, -0.2) is 4.39 Å². The predicted octanol–water partition coefficient (Wildman–Crippen LogP) is 6.53. The van der Waals surface area contributed by atoms with Gasteiger partial charge in [-0.05, 0) is 60.6 Å². The quantitative estimate of drug-likeness (QED) is 0.304. The van der Waals surface area contributed by atoms with Gasteiger partial charge in [0, 0.05) is 35.5 Å². The van der Waals surface area contributed by atoms with Gasteiger partial charge in [0.15, 0.2) is 0 Å². The van der Waals surface area contributed by atoms with Crippen LogP contribution in [0.25, 0.3) is 10.9 Å². The van der Waals surface area contributed by atoms with Crippen molar-refractivity contribution >= 4 is 16.8 Å². The molecule has 0 aliphatic rings. The summed E-state index contributed by atoms with van der Waals surface area (Å²) in [7, 11) is 0. The first-order valence-corrected chi connectivity index (χ1v) is 11.7. The van der Waals surface area contributed by atoms with Gasteiger partial charge >= 0.3 is 0 Å². The van der Waals surface area contributed by atoms with Gasteiger partial charge in [-0.2, -0.15) is 0 Å². The lowest BCUT2D eigenvalue weighted by molar-refractivity contribution is -0.121. The van der Waals surface area contributed by atoms with Crippen LogP contribution in [0.5, 0.6) is 0 Å². The molecule has 1 aromatic heterocycles. The Morgan fingerprint density at radius 3 is 2.48 bits per heavy atom. The molecule has 3 nitrogen and oxygen atoms in total. The Hall–Kier alpha value is -3.40. The lowest BCUT2D eigenvalue weighted by Crippen LogP contribution is -2.33. The van der Waals surface area contributed by atoms with E-state index < -0.39 is 0 Å². The Bertz CT molecular complexity index is 1200. The number of amides is 1. The smallest absolute Gasteiger partial charge is 0.221 e. The van der Waals surface area contributed by atoms with Crippen molar-refractivity contribution in [1.82, 2.24) is 10.3 Å². The molecular formula is C29H31FN2O. The van der Waals surface area contributed by atoms with Crippen LogP contribution < -0.4 is 5.32 Å². The van der Waals surface area contributed by atoms with E-state index in [2.05, 4.69) is 47.6 Å². The van der Waals surface area contributed by atoms with E-state index in [4.69, 9.17) is 0 Å². The largest absolute Gasteiger partial charge is 0.361 e. The van der Waals surface area contributed by atoms with Crippen LogP contribution in [0.1, 0.15) is 54.9 Å². The van der Waals surface area contributed by atoms with Crippen molar-refractivity contribution in [2.45, 2.75) is 51.5 Å². The number of aryl methyl sites for hydroxylation is 2. The second-order valence-electron chi connectivity index (χ2n) is 8.74. The lowest BCUT2D eigenvalue weighted by Gasteiger charge is -2.20. The second kappa shape index (κ2) is 10.5. The molecule has 0 fully saturated rings. The van der Waals surface area contributed by atoms with Gasteiger partial charge in [0.25, 0.3) is 0 Å². The first kappa shape index (κ1) is 22.8. The zero-order valence-electron chi connectivity index (χ0n) is 19.3. The number of para-hydroxylation sites is 1. The number of H-pyrrole nitrogens is 1. The highest BCUT2D eigenvalue weighted by Crippen LogP contribution is 2.34. The van der Waals surface area contributed by atoms with Crippen LogP contribution in [-0.4, -0.2) is 16.9 Å². The third kappa shape index (κ3) is 5.51. The minimum Gasteiger partial charge on any atom is -0.361 e. The number of benzene rings is 3. The van der Waals surface area contributed by atoms with Crippen LogP contribution in [0.2, 0.25) is 0 Å². The summed E-state index contributed by atoms with van der Waals surface area (Å²) in [6.07, 6.45) is 5.04. The van der Waals surface area contributed by atoms with Crippen molar-refractivity contribution in [2.75, 3.05) is 0 Å². The van der Waals surface area contributed by atoms with E-state index in [9.17, 15) is 9.18 Å². The Labute approximate surface area is 195 Å². The molecule has 0 aliphatic heterocycles. The standard InChI is InChI=1S/C29H31FN2O/c1-3-22-10-7-11-25-27(19-31-29(22)25)26(23-14-16-24(30)17-15-23)18-28(33)32-20(2)12-13-21-8-5-4-6-9-21/h4-11,14-17,19-20,26,31H,3,12-13,18H2,1-2H3,(H,32,33)/t20-,26-/m1/s1. The molecule has 3 aromatic carbocycles. The predicted molar refractivity (Wildman–Crippen MR) is 133 cm³/mol. The number of aromatic amines is 1. The van der Waals surface area contributed by atoms with E-state index >= 15 is 0 Å². The monoisotopic (exact) mass is 442 g/mol. The Kier molecular flexibility index (Phi) is 7.23. The fourth-order valence-corrected chi connectivity index (χ4v) is 4.54. The van der Waals surface area contributed by atoms with E-state index in [1.165, 1.54) is 23.3 Å². The molecule has 2 atom stereocenters. The zero-order valence-corrected chi connectivity index (χ0v) is 19.3. The van der Waals surface area contributed by atoms with Crippen molar-refractivity contribution in [2.24, 2.45) is 0 Å². The maximum absolute atomic E-state index is 13.6. The van der Waals surface area contributed by atoms with E-state index in [-0.39, 0.29) is 23.7 Å². The molecule has 1 heterocycles. The average molecular weight is 443 g/mol. The summed E-state index contributed by atoms with van der Waals surface area (Å²) in [5, 5.41) is 4.29.